The molecule has 63 heavy (non-hydrogen) atoms. The van der Waals surface area contributed by atoms with Crippen LogP contribution in [0.25, 0.3) is 22.1 Å². The van der Waals surface area contributed by atoms with E-state index in [1.54, 1.807) is 49.8 Å². The van der Waals surface area contributed by atoms with Crippen LogP contribution in [0, 0.1) is 13.8 Å². The Balaban J connectivity index is 1.38. The maximum atomic E-state index is 13.8. The molecule has 4 aromatic heterocycles. The highest BCUT2D eigenvalue weighted by Crippen LogP contribution is 2.33. The molecule has 0 aliphatic rings. The molecule has 0 aliphatic carbocycles. The molecule has 0 radical (unpaired) electrons. The molecule has 21 nitrogen and oxygen atoms in total. The fraction of sp³-hybridized carbons (Fsp3) is 0.357. The number of allylic oxidation sites excluding steroid dienone is 2. The molecule has 5 amide bonds. The zero-order chi connectivity index (χ0) is 45.4. The van der Waals surface area contributed by atoms with Gasteiger partial charge < -0.3 is 35.4 Å². The molecule has 0 fully saturated rings. The van der Waals surface area contributed by atoms with Crippen molar-refractivity contribution in [2.45, 2.75) is 66.7 Å². The van der Waals surface area contributed by atoms with Gasteiger partial charge >= 0.3 is 5.91 Å². The van der Waals surface area contributed by atoms with E-state index >= 15 is 0 Å². The van der Waals surface area contributed by atoms with Crippen LogP contribution in [0.3, 0.4) is 0 Å². The molecule has 0 bridgehead atoms. The maximum Gasteiger partial charge on any atom is 0.310 e. The number of anilines is 2. The molecule has 0 unspecified atom stereocenters. The average Bonchev–Trinajstić information content (AvgIpc) is 4.02. The number of likely N-dealkylation sites (N-methyl/N-ethyl adjacent to an activating group) is 1. The van der Waals surface area contributed by atoms with E-state index in [1.165, 1.54) is 31.4 Å². The number of aryl methyl sites for hydroxylation is 4. The molecular weight excluding hydrogens is 813 g/mol. The number of aromatic nitrogens is 8. The van der Waals surface area contributed by atoms with Crippen molar-refractivity contribution in [3.8, 4) is 11.5 Å². The van der Waals surface area contributed by atoms with Gasteiger partial charge in [0.15, 0.2) is 0 Å². The van der Waals surface area contributed by atoms with Gasteiger partial charge in [0.2, 0.25) is 23.7 Å². The topological polar surface area (TPSA) is 280 Å². The molecule has 6 aromatic rings. The first-order chi connectivity index (χ1) is 30.3. The number of hydrogen-bond donors (Lipinski definition) is 6. The van der Waals surface area contributed by atoms with Gasteiger partial charge in [-0.2, -0.15) is 10.2 Å². The minimum atomic E-state index is -0.707. The Labute approximate surface area is 362 Å². The number of hydrogen-bond acceptors (Lipinski definition) is 12. The number of carbonyl (C=O) groups excluding carboxylic acids is 5. The fourth-order valence-electron chi connectivity index (χ4n) is 7.09. The predicted octanol–water partition coefficient (Wildman–Crippen LogP) is 1.87. The van der Waals surface area contributed by atoms with Gasteiger partial charge in [0.25, 0.3) is 11.8 Å². The number of primary amides is 3. The zero-order valence-corrected chi connectivity index (χ0v) is 36.2. The van der Waals surface area contributed by atoms with Crippen molar-refractivity contribution in [1.82, 2.24) is 44.0 Å². The molecule has 0 saturated carbocycles. The number of nitrogens with one attached hydrogen (secondary N) is 3. The number of benzene rings is 2. The van der Waals surface area contributed by atoms with E-state index in [0.717, 1.165) is 0 Å². The van der Waals surface area contributed by atoms with Gasteiger partial charge in [-0.15, -0.1) is 0 Å². The molecule has 2 aromatic carbocycles. The van der Waals surface area contributed by atoms with Gasteiger partial charge in [-0.05, 0) is 77.6 Å². The number of carbonyl (C=O) groups is 5. The van der Waals surface area contributed by atoms with Crippen LogP contribution in [0.1, 0.15) is 79.8 Å². The maximum absolute atomic E-state index is 13.8. The van der Waals surface area contributed by atoms with Crippen LogP contribution in [0.4, 0.5) is 11.9 Å². The number of methoxy groups -OCH3 is 1. The largest absolute Gasteiger partial charge is 0.494 e. The summed E-state index contributed by atoms with van der Waals surface area (Å²) in [6.45, 7) is 9.95. The second-order valence-corrected chi connectivity index (χ2v) is 14.6. The third kappa shape index (κ3) is 10.2. The Hall–Kier alpha value is -7.39. The minimum absolute atomic E-state index is 0.00592. The molecule has 332 valence electrons. The predicted molar refractivity (Wildman–Crippen MR) is 234 cm³/mol. The zero-order valence-electron chi connectivity index (χ0n) is 36.2. The third-order valence-electron chi connectivity index (χ3n) is 10.1. The molecule has 0 atom stereocenters. The quantitative estimate of drug-likeness (QED) is 0.0447. The molecular formula is C42H53N14O7+. The van der Waals surface area contributed by atoms with E-state index in [1.807, 2.05) is 33.0 Å². The highest BCUT2D eigenvalue weighted by Gasteiger charge is 2.24. The Morgan fingerprint density at radius 2 is 1.24 bits per heavy atom. The number of quaternary nitrogens is 1. The van der Waals surface area contributed by atoms with E-state index in [2.05, 4.69) is 31.1 Å². The van der Waals surface area contributed by atoms with Crippen molar-refractivity contribution >= 4 is 63.5 Å². The molecule has 6 rings (SSSR count). The number of amides is 5. The Bertz CT molecular complexity index is 2720. The number of rotatable bonds is 21. The molecule has 4 heterocycles. The third-order valence-corrected chi connectivity index (χ3v) is 10.1. The minimum Gasteiger partial charge on any atom is -0.494 e. The van der Waals surface area contributed by atoms with Crippen molar-refractivity contribution < 1.29 is 38.8 Å². The van der Waals surface area contributed by atoms with Crippen molar-refractivity contribution in [3.05, 3.63) is 82.5 Å². The summed E-state index contributed by atoms with van der Waals surface area (Å²) in [5.41, 5.74) is 15.3. The highest BCUT2D eigenvalue weighted by atomic mass is 16.5. The molecule has 9 N–H and O–H groups in total. The van der Waals surface area contributed by atoms with Gasteiger partial charge in [-0.1, -0.05) is 12.2 Å². The smallest absolute Gasteiger partial charge is 0.310 e. The first-order valence-corrected chi connectivity index (χ1v) is 20.5. The summed E-state index contributed by atoms with van der Waals surface area (Å²) in [5, 5.41) is 19.3. The molecule has 21 heteroatoms. The van der Waals surface area contributed by atoms with Gasteiger partial charge in [0, 0.05) is 43.9 Å². The Morgan fingerprint density at radius 1 is 0.746 bits per heavy atom. The monoisotopic (exact) mass is 865 g/mol. The normalized spacial score (nSPS) is 11.5. The van der Waals surface area contributed by atoms with Crippen LogP contribution < -0.4 is 42.2 Å². The van der Waals surface area contributed by atoms with E-state index in [4.69, 9.17) is 25.9 Å². The van der Waals surface area contributed by atoms with Crippen molar-refractivity contribution in [2.24, 2.45) is 11.5 Å². The highest BCUT2D eigenvalue weighted by molar-refractivity contribution is 6.05. The lowest BCUT2D eigenvalue weighted by atomic mass is 10.1. The molecule has 0 aliphatic heterocycles. The lowest BCUT2D eigenvalue weighted by Crippen LogP contribution is -2.89. The summed E-state index contributed by atoms with van der Waals surface area (Å²) >= 11 is 0. The summed E-state index contributed by atoms with van der Waals surface area (Å²) < 4.78 is 18.5. The van der Waals surface area contributed by atoms with Crippen LogP contribution in [0.15, 0.2) is 48.6 Å². The van der Waals surface area contributed by atoms with E-state index < -0.39 is 23.6 Å². The van der Waals surface area contributed by atoms with E-state index in [0.29, 0.717) is 83.2 Å². The van der Waals surface area contributed by atoms with Crippen molar-refractivity contribution in [2.75, 3.05) is 44.5 Å². The number of nitrogens with two attached hydrogens (primary N) is 3. The first kappa shape index (κ1) is 45.1. The number of ether oxygens (including phenoxy) is 2. The first-order valence-electron chi connectivity index (χ1n) is 20.5. The second-order valence-electron chi connectivity index (χ2n) is 14.6. The Morgan fingerprint density at radius 3 is 1.70 bits per heavy atom. The lowest BCUT2D eigenvalue weighted by Gasteiger charge is -2.13. The van der Waals surface area contributed by atoms with Crippen molar-refractivity contribution in [1.29, 1.82) is 0 Å². The molecule has 0 spiro atoms. The standard InChI is InChI=1S/C42H52N14O7/c1-7-55-30(18-24(3)51-55)39(60)49-41-47-28-20-26(37(43)58)22-32(62-6)35(28)53(41)15-9-10-16-54-36-29(48-42(54)50-40(61)31-19-25(4)52-56(31)8-2)21-27(38(44)59)23-33(36)63-17-11-12-34(57)46-14-13-45-5/h9-10,18-23,45H,7-8,11-17H2,1-6H3,(H2,43,58)(H2,44,59)(H,46,57)(H,47,49,60)(H,48,50,61)/p+1/b10-9+. The SMILES string of the molecule is CCn1nc(C)cc1C(=O)Nc1nc2cc(C(N)=O)cc(OC)c2n1C/C=C/Cn1c(NC(=O)c2cc(C)nn2CC)nc2cc(C(N)=O)cc(OCCCC(=O)[NH2+]CCNC)c21. The second kappa shape index (κ2) is 20.0. The van der Waals surface area contributed by atoms with Gasteiger partial charge in [0.05, 0.1) is 49.1 Å². The Kier molecular flexibility index (Phi) is 14.3. The summed E-state index contributed by atoms with van der Waals surface area (Å²) in [4.78, 5) is 74.1. The lowest BCUT2D eigenvalue weighted by molar-refractivity contribution is -0.567. The van der Waals surface area contributed by atoms with Crippen LogP contribution in [-0.4, -0.2) is 102 Å². The van der Waals surface area contributed by atoms with Gasteiger partial charge in [-0.3, -0.25) is 44.5 Å². The summed E-state index contributed by atoms with van der Waals surface area (Å²) in [5.74, 6) is -1.42. The summed E-state index contributed by atoms with van der Waals surface area (Å²) in [7, 11) is 3.27. The van der Waals surface area contributed by atoms with Crippen LogP contribution in [0.2, 0.25) is 0 Å². The van der Waals surface area contributed by atoms with Crippen LogP contribution in [0.5, 0.6) is 11.5 Å². The van der Waals surface area contributed by atoms with Gasteiger partial charge in [-0.25, -0.2) is 14.8 Å². The van der Waals surface area contributed by atoms with E-state index in [9.17, 15) is 24.0 Å². The fourth-order valence-corrected chi connectivity index (χ4v) is 7.09. The summed E-state index contributed by atoms with van der Waals surface area (Å²) in [6.07, 6.45) is 4.30. The average molecular weight is 866 g/mol. The van der Waals surface area contributed by atoms with E-state index in [-0.39, 0.29) is 60.8 Å². The number of fused-ring (bicyclic) bond motifs is 2. The van der Waals surface area contributed by atoms with Crippen LogP contribution >= 0.6 is 0 Å². The summed E-state index contributed by atoms with van der Waals surface area (Å²) in [6, 6.07) is 9.41. The van der Waals surface area contributed by atoms with Crippen LogP contribution in [-0.2, 0) is 31.0 Å². The van der Waals surface area contributed by atoms with Gasteiger partial charge in [0.1, 0.15) is 33.9 Å². The number of imidazole rings is 2. The van der Waals surface area contributed by atoms with Crippen molar-refractivity contribution in [3.63, 3.8) is 0 Å². The number of nitrogens with zero attached hydrogens (tertiary/aromatic N) is 8. The molecule has 0 saturated heterocycles.